The van der Waals surface area contributed by atoms with Crippen molar-refractivity contribution in [2.24, 2.45) is 10.9 Å². The van der Waals surface area contributed by atoms with Crippen molar-refractivity contribution < 1.29 is 4.52 Å². The Balaban J connectivity index is 1.64. The van der Waals surface area contributed by atoms with E-state index in [-0.39, 0.29) is 0 Å². The molecule has 1 saturated carbocycles. The van der Waals surface area contributed by atoms with E-state index in [4.69, 9.17) is 4.52 Å². The van der Waals surface area contributed by atoms with Crippen LogP contribution in [-0.2, 0) is 6.54 Å². The second kappa shape index (κ2) is 6.64. The maximum absolute atomic E-state index is 5.39. The summed E-state index contributed by atoms with van der Waals surface area (Å²) in [5.74, 6) is 2.36. The van der Waals surface area contributed by atoms with E-state index in [1.54, 1.807) is 0 Å². The summed E-state index contributed by atoms with van der Waals surface area (Å²) in [5, 5.41) is 10.8. The van der Waals surface area contributed by atoms with Crippen molar-refractivity contribution in [1.29, 1.82) is 0 Å². The zero-order valence-corrected chi connectivity index (χ0v) is 13.0. The fourth-order valence-electron chi connectivity index (χ4n) is 2.30. The molecule has 2 aromatic rings. The fraction of sp³-hybridized carbons (Fsp3) is 0.412. The highest BCUT2D eigenvalue weighted by molar-refractivity contribution is 5.80. The van der Waals surface area contributed by atoms with Gasteiger partial charge < -0.3 is 15.2 Å². The topological polar surface area (TPSA) is 62.5 Å². The standard InChI is InChI=1S/C17H22N4O/c1-3-18-17(20-15-9-12(15)2)19-11-14-10-16(22-21-14)13-7-5-4-6-8-13/h4-8,10,12,15H,3,9,11H2,1-2H3,(H2,18,19,20). The molecule has 0 amide bonds. The van der Waals surface area contributed by atoms with Crippen molar-refractivity contribution in [3.05, 3.63) is 42.1 Å². The van der Waals surface area contributed by atoms with E-state index >= 15 is 0 Å². The van der Waals surface area contributed by atoms with E-state index in [2.05, 4.69) is 34.6 Å². The van der Waals surface area contributed by atoms with Crippen LogP contribution < -0.4 is 10.6 Å². The number of hydrogen-bond acceptors (Lipinski definition) is 3. The van der Waals surface area contributed by atoms with Gasteiger partial charge >= 0.3 is 0 Å². The van der Waals surface area contributed by atoms with Crippen molar-refractivity contribution in [2.45, 2.75) is 32.9 Å². The Labute approximate surface area is 130 Å². The number of nitrogens with zero attached hydrogens (tertiary/aromatic N) is 2. The van der Waals surface area contributed by atoms with Crippen molar-refractivity contribution in [3.8, 4) is 11.3 Å². The molecular formula is C17H22N4O. The first-order valence-corrected chi connectivity index (χ1v) is 7.82. The molecule has 0 aliphatic heterocycles. The fourth-order valence-corrected chi connectivity index (χ4v) is 2.30. The molecule has 1 aliphatic carbocycles. The summed E-state index contributed by atoms with van der Waals surface area (Å²) in [6.45, 7) is 5.66. The van der Waals surface area contributed by atoms with Crippen LogP contribution in [0.1, 0.15) is 26.0 Å². The lowest BCUT2D eigenvalue weighted by molar-refractivity contribution is 0.424. The van der Waals surface area contributed by atoms with E-state index in [0.29, 0.717) is 12.6 Å². The Bertz CT molecular complexity index is 635. The van der Waals surface area contributed by atoms with E-state index in [1.165, 1.54) is 6.42 Å². The molecule has 2 atom stereocenters. The first kappa shape index (κ1) is 14.6. The zero-order valence-electron chi connectivity index (χ0n) is 13.0. The molecule has 5 nitrogen and oxygen atoms in total. The van der Waals surface area contributed by atoms with Crippen molar-refractivity contribution in [2.75, 3.05) is 6.54 Å². The lowest BCUT2D eigenvalue weighted by Gasteiger charge is -2.09. The second-order valence-electron chi connectivity index (χ2n) is 5.71. The molecule has 5 heteroatoms. The summed E-state index contributed by atoms with van der Waals surface area (Å²) in [6.07, 6.45) is 1.21. The summed E-state index contributed by atoms with van der Waals surface area (Å²) in [4.78, 5) is 4.58. The Morgan fingerprint density at radius 2 is 2.14 bits per heavy atom. The molecule has 116 valence electrons. The quantitative estimate of drug-likeness (QED) is 0.658. The van der Waals surface area contributed by atoms with Crippen LogP contribution in [0, 0.1) is 5.92 Å². The van der Waals surface area contributed by atoms with Gasteiger partial charge in [0.2, 0.25) is 0 Å². The lowest BCUT2D eigenvalue weighted by atomic mass is 10.2. The van der Waals surface area contributed by atoms with Crippen LogP contribution in [-0.4, -0.2) is 23.7 Å². The van der Waals surface area contributed by atoms with Gasteiger partial charge in [-0.3, -0.25) is 0 Å². The molecular weight excluding hydrogens is 276 g/mol. The van der Waals surface area contributed by atoms with Crippen molar-refractivity contribution >= 4 is 5.96 Å². The summed E-state index contributed by atoms with van der Waals surface area (Å²) in [5.41, 5.74) is 1.86. The average Bonchev–Trinajstić information content (AvgIpc) is 3.03. The van der Waals surface area contributed by atoms with Crippen molar-refractivity contribution in [3.63, 3.8) is 0 Å². The highest BCUT2D eigenvalue weighted by Crippen LogP contribution is 2.28. The van der Waals surface area contributed by atoms with Crippen LogP contribution in [0.4, 0.5) is 0 Å². The van der Waals surface area contributed by atoms with Gasteiger partial charge in [-0.1, -0.05) is 42.4 Å². The summed E-state index contributed by atoms with van der Waals surface area (Å²) >= 11 is 0. The molecule has 2 unspecified atom stereocenters. The minimum absolute atomic E-state index is 0.507. The molecule has 0 radical (unpaired) electrons. The molecule has 0 bridgehead atoms. The zero-order chi connectivity index (χ0) is 15.4. The first-order valence-electron chi connectivity index (χ1n) is 7.82. The van der Waals surface area contributed by atoms with Gasteiger partial charge in [-0.2, -0.15) is 0 Å². The molecule has 1 fully saturated rings. The molecule has 0 spiro atoms. The number of hydrogen-bond donors (Lipinski definition) is 2. The predicted octanol–water partition coefficient (Wildman–Crippen LogP) is 2.81. The highest BCUT2D eigenvalue weighted by Gasteiger charge is 2.33. The highest BCUT2D eigenvalue weighted by atomic mass is 16.5. The van der Waals surface area contributed by atoms with Crippen LogP contribution in [0.15, 0.2) is 45.9 Å². The van der Waals surface area contributed by atoms with Crippen LogP contribution in [0.3, 0.4) is 0 Å². The number of rotatable bonds is 5. The monoisotopic (exact) mass is 298 g/mol. The Morgan fingerprint density at radius 1 is 1.36 bits per heavy atom. The third kappa shape index (κ3) is 3.67. The number of nitrogens with one attached hydrogen (secondary N) is 2. The van der Waals surface area contributed by atoms with Crippen molar-refractivity contribution in [1.82, 2.24) is 15.8 Å². The van der Waals surface area contributed by atoms with Gasteiger partial charge in [0, 0.05) is 24.2 Å². The molecule has 0 saturated heterocycles. The van der Waals surface area contributed by atoms with Crippen LogP contribution in [0.5, 0.6) is 0 Å². The molecule has 22 heavy (non-hydrogen) atoms. The van der Waals surface area contributed by atoms with Crippen LogP contribution in [0.2, 0.25) is 0 Å². The van der Waals surface area contributed by atoms with Crippen LogP contribution >= 0.6 is 0 Å². The number of aromatic nitrogens is 1. The number of guanidine groups is 1. The van der Waals surface area contributed by atoms with Gasteiger partial charge in [0.15, 0.2) is 11.7 Å². The third-order valence-electron chi connectivity index (χ3n) is 3.79. The minimum atomic E-state index is 0.507. The summed E-state index contributed by atoms with van der Waals surface area (Å²) in [6, 6.07) is 12.5. The summed E-state index contributed by atoms with van der Waals surface area (Å²) in [7, 11) is 0. The number of aliphatic imine (C=N–C) groups is 1. The minimum Gasteiger partial charge on any atom is -0.357 e. The van der Waals surface area contributed by atoms with Gasteiger partial charge in [-0.05, 0) is 19.3 Å². The molecule has 3 rings (SSSR count). The van der Waals surface area contributed by atoms with Gasteiger partial charge in [0.1, 0.15) is 5.69 Å². The molecule has 1 aromatic heterocycles. The largest absolute Gasteiger partial charge is 0.357 e. The molecule has 1 aliphatic rings. The predicted molar refractivity (Wildman–Crippen MR) is 87.5 cm³/mol. The lowest BCUT2D eigenvalue weighted by Crippen LogP contribution is -2.39. The maximum Gasteiger partial charge on any atom is 0.191 e. The smallest absolute Gasteiger partial charge is 0.191 e. The molecule has 1 heterocycles. The van der Waals surface area contributed by atoms with Gasteiger partial charge in [-0.15, -0.1) is 0 Å². The molecule has 2 N–H and O–H groups in total. The number of benzene rings is 1. The van der Waals surface area contributed by atoms with Gasteiger partial charge in [0.05, 0.1) is 6.54 Å². The van der Waals surface area contributed by atoms with Gasteiger partial charge in [-0.25, -0.2) is 4.99 Å². The van der Waals surface area contributed by atoms with E-state index in [1.807, 2.05) is 36.4 Å². The average molecular weight is 298 g/mol. The summed E-state index contributed by atoms with van der Waals surface area (Å²) < 4.78 is 5.39. The Hall–Kier alpha value is -2.30. The maximum atomic E-state index is 5.39. The van der Waals surface area contributed by atoms with E-state index < -0.39 is 0 Å². The Kier molecular flexibility index (Phi) is 4.42. The van der Waals surface area contributed by atoms with E-state index in [9.17, 15) is 0 Å². The van der Waals surface area contributed by atoms with Gasteiger partial charge in [0.25, 0.3) is 0 Å². The second-order valence-corrected chi connectivity index (χ2v) is 5.71. The van der Waals surface area contributed by atoms with Crippen LogP contribution in [0.25, 0.3) is 11.3 Å². The SMILES string of the molecule is CCNC(=NCc1cc(-c2ccccc2)on1)NC1CC1C. The normalized spacial score (nSPS) is 20.7. The van der Waals surface area contributed by atoms with E-state index in [0.717, 1.165) is 35.4 Å². The third-order valence-corrected chi connectivity index (χ3v) is 3.79. The molecule has 1 aromatic carbocycles. The Morgan fingerprint density at radius 3 is 2.82 bits per heavy atom. The first-order chi connectivity index (χ1) is 10.8.